The Kier molecular flexibility index (Phi) is 8.07. The number of carbonyl (C=O) groups excluding carboxylic acids is 1. The smallest absolute Gasteiger partial charge is 0.264 e. The number of aryl methyl sites for hydroxylation is 2. The van der Waals surface area contributed by atoms with E-state index in [0.29, 0.717) is 5.69 Å². The number of hydrazone groups is 1. The van der Waals surface area contributed by atoms with Gasteiger partial charge in [-0.1, -0.05) is 37.3 Å². The first-order valence-electron chi connectivity index (χ1n) is 12.1. The molecule has 0 spiro atoms. The van der Waals surface area contributed by atoms with Crippen LogP contribution < -0.4 is 9.73 Å². The van der Waals surface area contributed by atoms with E-state index in [2.05, 4.69) is 10.5 Å². The summed E-state index contributed by atoms with van der Waals surface area (Å²) in [4.78, 5) is 12.9. The molecule has 1 aromatic heterocycles. The zero-order chi connectivity index (χ0) is 27.3. The van der Waals surface area contributed by atoms with E-state index in [-0.39, 0.29) is 10.7 Å². The SMILES string of the molecule is CCc1ccc(N(CC(=O)N/N=C\c2cc(C)n(-c3ccc(F)cc3)c2C)S(=O)(=O)c2ccccc2)cc1. The van der Waals surface area contributed by atoms with Gasteiger partial charge in [0.2, 0.25) is 0 Å². The van der Waals surface area contributed by atoms with Crippen LogP contribution in [0.4, 0.5) is 10.1 Å². The van der Waals surface area contributed by atoms with E-state index in [0.717, 1.165) is 38.9 Å². The first-order chi connectivity index (χ1) is 18.2. The minimum absolute atomic E-state index is 0.0871. The number of anilines is 1. The van der Waals surface area contributed by atoms with Crippen molar-refractivity contribution in [3.8, 4) is 5.69 Å². The molecule has 1 N–H and O–H groups in total. The molecule has 0 atom stereocenters. The average Bonchev–Trinajstić information content (AvgIpc) is 3.20. The molecule has 4 rings (SSSR count). The molecule has 0 fully saturated rings. The van der Waals surface area contributed by atoms with Gasteiger partial charge >= 0.3 is 0 Å². The van der Waals surface area contributed by atoms with Crippen LogP contribution in [0.2, 0.25) is 0 Å². The van der Waals surface area contributed by atoms with Gasteiger partial charge in [-0.15, -0.1) is 0 Å². The van der Waals surface area contributed by atoms with Crippen molar-refractivity contribution in [2.24, 2.45) is 5.10 Å². The van der Waals surface area contributed by atoms with Crippen molar-refractivity contribution in [3.05, 3.63) is 113 Å². The third-order valence-electron chi connectivity index (χ3n) is 6.20. The summed E-state index contributed by atoms with van der Waals surface area (Å²) in [5, 5.41) is 4.07. The fourth-order valence-electron chi connectivity index (χ4n) is 4.18. The molecular formula is C29H29FN4O3S. The van der Waals surface area contributed by atoms with Crippen molar-refractivity contribution >= 4 is 27.8 Å². The number of rotatable bonds is 9. The highest BCUT2D eigenvalue weighted by Gasteiger charge is 2.27. The normalized spacial score (nSPS) is 11.6. The lowest BCUT2D eigenvalue weighted by Crippen LogP contribution is -2.39. The van der Waals surface area contributed by atoms with E-state index in [9.17, 15) is 17.6 Å². The minimum Gasteiger partial charge on any atom is -0.318 e. The summed E-state index contributed by atoms with van der Waals surface area (Å²) in [7, 11) is -4.00. The molecule has 0 saturated carbocycles. The summed E-state index contributed by atoms with van der Waals surface area (Å²) < 4.78 is 43.3. The second-order valence-corrected chi connectivity index (χ2v) is 10.6. The van der Waals surface area contributed by atoms with Crippen molar-refractivity contribution in [2.45, 2.75) is 32.1 Å². The number of benzene rings is 3. The Morgan fingerprint density at radius 2 is 1.66 bits per heavy atom. The molecular weight excluding hydrogens is 503 g/mol. The molecule has 38 heavy (non-hydrogen) atoms. The second kappa shape index (κ2) is 11.4. The second-order valence-electron chi connectivity index (χ2n) is 8.78. The predicted molar refractivity (Wildman–Crippen MR) is 148 cm³/mol. The van der Waals surface area contributed by atoms with E-state index in [4.69, 9.17) is 0 Å². The highest BCUT2D eigenvalue weighted by Crippen LogP contribution is 2.24. The average molecular weight is 533 g/mol. The van der Waals surface area contributed by atoms with Crippen molar-refractivity contribution < 1.29 is 17.6 Å². The van der Waals surface area contributed by atoms with Gasteiger partial charge in [0.1, 0.15) is 12.4 Å². The Morgan fingerprint density at radius 1 is 1.00 bits per heavy atom. The predicted octanol–water partition coefficient (Wildman–Crippen LogP) is 5.14. The third-order valence-corrected chi connectivity index (χ3v) is 7.99. The Hall–Kier alpha value is -4.24. The van der Waals surface area contributed by atoms with Crippen molar-refractivity contribution in [2.75, 3.05) is 10.8 Å². The molecule has 0 radical (unpaired) electrons. The minimum atomic E-state index is -4.00. The number of sulfonamides is 1. The molecule has 0 aliphatic carbocycles. The van der Waals surface area contributed by atoms with E-state index < -0.39 is 22.5 Å². The standard InChI is InChI=1S/C29H29FN4O3S/c1-4-23-10-14-26(15-11-23)33(38(36,37)28-8-6-5-7-9-28)20-29(35)32-31-19-24-18-21(2)34(22(24)3)27-16-12-25(30)13-17-27/h5-19H,4,20H2,1-3H3,(H,32,35)/b31-19-. The molecule has 0 bridgehead atoms. The number of hydrogen-bond acceptors (Lipinski definition) is 4. The van der Waals surface area contributed by atoms with Crippen LogP contribution in [0.3, 0.4) is 0 Å². The summed E-state index contributed by atoms with van der Waals surface area (Å²) in [6.45, 7) is 5.38. The van der Waals surface area contributed by atoms with Crippen LogP contribution in [0.15, 0.2) is 94.9 Å². The van der Waals surface area contributed by atoms with Gasteiger partial charge in [-0.2, -0.15) is 5.10 Å². The van der Waals surface area contributed by atoms with Gasteiger partial charge in [0.25, 0.3) is 15.9 Å². The highest BCUT2D eigenvalue weighted by molar-refractivity contribution is 7.92. The van der Waals surface area contributed by atoms with Gasteiger partial charge in [0, 0.05) is 22.6 Å². The largest absolute Gasteiger partial charge is 0.318 e. The summed E-state index contributed by atoms with van der Waals surface area (Å²) in [6.07, 6.45) is 2.31. The van der Waals surface area contributed by atoms with Crippen LogP contribution in [-0.4, -0.2) is 31.7 Å². The fraction of sp³-hybridized carbons (Fsp3) is 0.172. The van der Waals surface area contributed by atoms with Crippen molar-refractivity contribution in [3.63, 3.8) is 0 Å². The molecule has 7 nitrogen and oxygen atoms in total. The quantitative estimate of drug-likeness (QED) is 0.239. The molecule has 1 heterocycles. The Balaban J connectivity index is 1.54. The molecule has 196 valence electrons. The lowest BCUT2D eigenvalue weighted by Gasteiger charge is -2.24. The van der Waals surface area contributed by atoms with Gasteiger partial charge in [0.05, 0.1) is 16.8 Å². The van der Waals surface area contributed by atoms with Gasteiger partial charge < -0.3 is 4.57 Å². The summed E-state index contributed by atoms with van der Waals surface area (Å²) >= 11 is 0. The number of carbonyl (C=O) groups is 1. The van der Waals surface area contributed by atoms with Gasteiger partial charge in [-0.05, 0) is 80.4 Å². The summed E-state index contributed by atoms with van der Waals surface area (Å²) in [5.74, 6) is -0.905. The molecule has 0 aliphatic rings. The maximum Gasteiger partial charge on any atom is 0.264 e. The molecule has 1 amide bonds. The number of aromatic nitrogens is 1. The maximum absolute atomic E-state index is 13.4. The van der Waals surface area contributed by atoms with E-state index in [1.165, 1.54) is 30.5 Å². The zero-order valence-corrected chi connectivity index (χ0v) is 22.2. The molecule has 9 heteroatoms. The third kappa shape index (κ3) is 5.84. The highest BCUT2D eigenvalue weighted by atomic mass is 32.2. The number of hydrogen-bond donors (Lipinski definition) is 1. The van der Waals surface area contributed by atoms with Crippen molar-refractivity contribution in [1.29, 1.82) is 0 Å². The van der Waals surface area contributed by atoms with Crippen LogP contribution in [0, 0.1) is 19.7 Å². The van der Waals surface area contributed by atoms with Crippen LogP contribution in [0.1, 0.15) is 29.4 Å². The van der Waals surface area contributed by atoms with E-state index in [1.807, 2.05) is 43.5 Å². The monoisotopic (exact) mass is 532 g/mol. The van der Waals surface area contributed by atoms with Crippen LogP contribution in [-0.2, 0) is 21.2 Å². The zero-order valence-electron chi connectivity index (χ0n) is 21.4. The molecule has 4 aromatic rings. The van der Waals surface area contributed by atoms with Crippen LogP contribution in [0.25, 0.3) is 5.69 Å². The Labute approximate surface area is 222 Å². The van der Waals surface area contributed by atoms with E-state index >= 15 is 0 Å². The summed E-state index contributed by atoms with van der Waals surface area (Å²) in [5.41, 5.74) is 7.22. The topological polar surface area (TPSA) is 83.8 Å². The molecule has 3 aromatic carbocycles. The molecule has 0 aliphatic heterocycles. The Morgan fingerprint density at radius 3 is 2.29 bits per heavy atom. The summed E-state index contributed by atoms with van der Waals surface area (Å²) in [6, 6.07) is 23.1. The van der Waals surface area contributed by atoms with Crippen LogP contribution in [0.5, 0.6) is 0 Å². The number of halogens is 1. The number of nitrogens with one attached hydrogen (secondary N) is 1. The molecule has 0 saturated heterocycles. The first-order valence-corrected chi connectivity index (χ1v) is 13.6. The Bertz CT molecular complexity index is 1550. The number of amides is 1. The lowest BCUT2D eigenvalue weighted by atomic mass is 10.1. The van der Waals surface area contributed by atoms with E-state index in [1.54, 1.807) is 42.5 Å². The van der Waals surface area contributed by atoms with Gasteiger partial charge in [-0.25, -0.2) is 18.2 Å². The number of nitrogens with zero attached hydrogens (tertiary/aromatic N) is 3. The fourth-order valence-corrected chi connectivity index (χ4v) is 5.62. The van der Waals surface area contributed by atoms with Gasteiger partial charge in [-0.3, -0.25) is 9.10 Å². The molecule has 0 unspecified atom stereocenters. The van der Waals surface area contributed by atoms with Crippen molar-refractivity contribution in [1.82, 2.24) is 9.99 Å². The van der Waals surface area contributed by atoms with Crippen LogP contribution >= 0.6 is 0 Å². The van der Waals surface area contributed by atoms with Gasteiger partial charge in [0.15, 0.2) is 0 Å². The lowest BCUT2D eigenvalue weighted by molar-refractivity contribution is -0.119. The first kappa shape index (κ1) is 26.8. The maximum atomic E-state index is 13.4.